The van der Waals surface area contributed by atoms with Gasteiger partial charge in [0, 0.05) is 12.6 Å². The number of nitrogens with one attached hydrogen (secondary N) is 1. The molecule has 0 spiro atoms. The van der Waals surface area contributed by atoms with Crippen molar-refractivity contribution in [1.29, 1.82) is 0 Å². The first-order valence-corrected chi connectivity index (χ1v) is 6.20. The van der Waals surface area contributed by atoms with Gasteiger partial charge in [0.2, 0.25) is 5.91 Å². The molecule has 1 atom stereocenters. The topological polar surface area (TPSA) is 41.6 Å². The summed E-state index contributed by atoms with van der Waals surface area (Å²) in [5.41, 5.74) is -0.272. The number of carbonyl (C=O) groups is 1. The average Bonchev–Trinajstić information content (AvgIpc) is 2.11. The summed E-state index contributed by atoms with van der Waals surface area (Å²) in [6.45, 7) is 11.0. The number of hydrogen-bond donors (Lipinski definition) is 1. The number of likely N-dealkylation sites (N-methyl/N-ethyl adjacent to an activating group) is 1. The summed E-state index contributed by atoms with van der Waals surface area (Å²) in [5, 5.41) is 3.01. The van der Waals surface area contributed by atoms with E-state index < -0.39 is 0 Å². The predicted octanol–water partition coefficient (Wildman–Crippen LogP) is 1.50. The minimum atomic E-state index is -0.272. The fourth-order valence-corrected chi connectivity index (χ4v) is 1.35. The van der Waals surface area contributed by atoms with Gasteiger partial charge in [-0.15, -0.1) is 0 Å². The molecule has 0 saturated heterocycles. The molecule has 1 N–H and O–H groups in total. The lowest BCUT2D eigenvalue weighted by atomic mass is 10.0. The molecule has 0 aromatic rings. The lowest BCUT2D eigenvalue weighted by molar-refractivity contribution is -0.131. The second-order valence-corrected chi connectivity index (χ2v) is 6.08. The molecule has 0 bridgehead atoms. The van der Waals surface area contributed by atoms with E-state index in [1.807, 2.05) is 34.9 Å². The van der Waals surface area contributed by atoms with E-state index >= 15 is 0 Å². The third kappa shape index (κ3) is 9.12. The van der Waals surface area contributed by atoms with Gasteiger partial charge in [0.05, 0.1) is 5.60 Å². The van der Waals surface area contributed by atoms with Crippen LogP contribution in [0.1, 0.15) is 34.6 Å². The van der Waals surface area contributed by atoms with E-state index in [0.29, 0.717) is 5.92 Å². The zero-order chi connectivity index (χ0) is 13.6. The molecule has 1 unspecified atom stereocenters. The van der Waals surface area contributed by atoms with Gasteiger partial charge >= 0.3 is 0 Å². The molecule has 0 aliphatic heterocycles. The number of nitrogens with zero attached hydrogens (tertiary/aromatic N) is 1. The van der Waals surface area contributed by atoms with E-state index in [1.165, 1.54) is 0 Å². The van der Waals surface area contributed by atoms with Crippen molar-refractivity contribution in [2.24, 2.45) is 5.92 Å². The van der Waals surface area contributed by atoms with Crippen LogP contribution in [0.4, 0.5) is 0 Å². The average molecular weight is 244 g/mol. The highest BCUT2D eigenvalue weighted by Crippen LogP contribution is 2.07. The molecule has 0 rings (SSSR count). The molecule has 102 valence electrons. The van der Waals surface area contributed by atoms with Crippen molar-refractivity contribution in [2.45, 2.75) is 46.3 Å². The highest BCUT2D eigenvalue weighted by atomic mass is 16.5. The first kappa shape index (κ1) is 16.4. The van der Waals surface area contributed by atoms with Crippen LogP contribution in [-0.4, -0.2) is 49.7 Å². The number of rotatable bonds is 6. The van der Waals surface area contributed by atoms with Crippen molar-refractivity contribution >= 4 is 5.91 Å². The van der Waals surface area contributed by atoms with Crippen LogP contribution in [0.2, 0.25) is 0 Å². The number of amides is 1. The largest absolute Gasteiger partial charge is 0.366 e. The molecule has 0 radical (unpaired) electrons. The molecule has 0 saturated carbocycles. The molecular weight excluding hydrogens is 216 g/mol. The highest BCUT2D eigenvalue weighted by molar-refractivity contribution is 5.77. The summed E-state index contributed by atoms with van der Waals surface area (Å²) in [6.07, 6.45) is 0. The minimum absolute atomic E-state index is 0.0412. The standard InChI is InChI=1S/C13H28N2O2/c1-10(2)11(8-15(6)7)14-12(16)9-17-13(3,4)5/h10-11H,8-9H2,1-7H3,(H,14,16). The Labute approximate surface area is 106 Å². The fourth-order valence-electron chi connectivity index (χ4n) is 1.35. The smallest absolute Gasteiger partial charge is 0.246 e. The molecule has 0 aliphatic carbocycles. The van der Waals surface area contributed by atoms with Crippen molar-refractivity contribution in [2.75, 3.05) is 27.2 Å². The van der Waals surface area contributed by atoms with Crippen LogP contribution in [0.5, 0.6) is 0 Å². The molecule has 0 heterocycles. The Bertz CT molecular complexity index is 232. The molecule has 0 aromatic carbocycles. The summed E-state index contributed by atoms with van der Waals surface area (Å²) in [7, 11) is 4.01. The van der Waals surface area contributed by atoms with Crippen LogP contribution in [0.3, 0.4) is 0 Å². The molecule has 17 heavy (non-hydrogen) atoms. The van der Waals surface area contributed by atoms with Gasteiger partial charge in [0.25, 0.3) is 0 Å². The van der Waals surface area contributed by atoms with Gasteiger partial charge in [-0.25, -0.2) is 0 Å². The van der Waals surface area contributed by atoms with Gasteiger partial charge in [-0.3, -0.25) is 4.79 Å². The molecular formula is C13H28N2O2. The van der Waals surface area contributed by atoms with Crippen LogP contribution in [0.15, 0.2) is 0 Å². The minimum Gasteiger partial charge on any atom is -0.366 e. The Balaban J connectivity index is 4.13. The Kier molecular flexibility index (Phi) is 6.72. The lowest BCUT2D eigenvalue weighted by Gasteiger charge is -2.26. The summed E-state index contributed by atoms with van der Waals surface area (Å²) in [5.74, 6) is 0.372. The third-order valence-electron chi connectivity index (χ3n) is 2.35. The van der Waals surface area contributed by atoms with E-state index in [9.17, 15) is 4.79 Å². The highest BCUT2D eigenvalue weighted by Gasteiger charge is 2.18. The maximum atomic E-state index is 11.7. The summed E-state index contributed by atoms with van der Waals surface area (Å²) in [4.78, 5) is 13.8. The van der Waals surface area contributed by atoms with Gasteiger partial charge in [-0.05, 0) is 40.8 Å². The first-order valence-electron chi connectivity index (χ1n) is 6.20. The van der Waals surface area contributed by atoms with Gasteiger partial charge in [0.15, 0.2) is 0 Å². The van der Waals surface area contributed by atoms with E-state index in [1.54, 1.807) is 0 Å². The normalized spacial score (nSPS) is 14.2. The van der Waals surface area contributed by atoms with Gasteiger partial charge in [-0.2, -0.15) is 0 Å². The number of hydrogen-bond acceptors (Lipinski definition) is 3. The van der Waals surface area contributed by atoms with E-state index in [0.717, 1.165) is 6.54 Å². The Hall–Kier alpha value is -0.610. The monoisotopic (exact) mass is 244 g/mol. The zero-order valence-electron chi connectivity index (χ0n) is 12.3. The van der Waals surface area contributed by atoms with Crippen molar-refractivity contribution in [3.8, 4) is 0 Å². The van der Waals surface area contributed by atoms with E-state index in [4.69, 9.17) is 4.74 Å². The first-order chi connectivity index (χ1) is 7.61. The Morgan fingerprint density at radius 3 is 2.18 bits per heavy atom. The Morgan fingerprint density at radius 2 is 1.82 bits per heavy atom. The number of ether oxygens (including phenoxy) is 1. The van der Waals surface area contributed by atoms with Gasteiger partial charge in [0.1, 0.15) is 6.61 Å². The van der Waals surface area contributed by atoms with Crippen LogP contribution in [0.25, 0.3) is 0 Å². The quantitative estimate of drug-likeness (QED) is 0.770. The van der Waals surface area contributed by atoms with E-state index in [-0.39, 0.29) is 24.2 Å². The van der Waals surface area contributed by atoms with Crippen molar-refractivity contribution < 1.29 is 9.53 Å². The van der Waals surface area contributed by atoms with Crippen molar-refractivity contribution in [1.82, 2.24) is 10.2 Å². The van der Waals surface area contributed by atoms with Crippen LogP contribution < -0.4 is 5.32 Å². The van der Waals surface area contributed by atoms with Crippen LogP contribution in [-0.2, 0) is 9.53 Å². The molecule has 1 amide bonds. The van der Waals surface area contributed by atoms with Gasteiger partial charge in [-0.1, -0.05) is 13.8 Å². The lowest BCUT2D eigenvalue weighted by Crippen LogP contribution is -2.46. The third-order valence-corrected chi connectivity index (χ3v) is 2.35. The molecule has 0 aromatic heterocycles. The zero-order valence-corrected chi connectivity index (χ0v) is 12.3. The summed E-state index contributed by atoms with van der Waals surface area (Å²) >= 11 is 0. The molecule has 0 aliphatic rings. The molecule has 0 fully saturated rings. The van der Waals surface area contributed by atoms with E-state index in [2.05, 4.69) is 24.1 Å². The van der Waals surface area contributed by atoms with Gasteiger partial charge < -0.3 is 15.0 Å². The van der Waals surface area contributed by atoms with Crippen LogP contribution in [0, 0.1) is 5.92 Å². The summed E-state index contributed by atoms with van der Waals surface area (Å²) in [6, 6.07) is 0.168. The maximum absolute atomic E-state index is 11.7. The number of carbonyl (C=O) groups excluding carboxylic acids is 1. The van der Waals surface area contributed by atoms with Crippen LogP contribution >= 0.6 is 0 Å². The second-order valence-electron chi connectivity index (χ2n) is 6.08. The summed E-state index contributed by atoms with van der Waals surface area (Å²) < 4.78 is 5.45. The fraction of sp³-hybridized carbons (Fsp3) is 0.923. The van der Waals surface area contributed by atoms with Crippen molar-refractivity contribution in [3.05, 3.63) is 0 Å². The van der Waals surface area contributed by atoms with Crippen molar-refractivity contribution in [3.63, 3.8) is 0 Å². The molecule has 4 nitrogen and oxygen atoms in total. The molecule has 4 heteroatoms. The predicted molar refractivity (Wildman–Crippen MR) is 71.0 cm³/mol. The Morgan fingerprint density at radius 1 is 1.29 bits per heavy atom. The SMILES string of the molecule is CC(C)C(CN(C)C)NC(=O)COC(C)(C)C. The maximum Gasteiger partial charge on any atom is 0.246 e. The second kappa shape index (κ2) is 6.97.